The molecule has 2 aromatic carbocycles. The van der Waals surface area contributed by atoms with Crippen LogP contribution < -0.4 is 19.6 Å². The highest BCUT2D eigenvalue weighted by molar-refractivity contribution is 7.89. The number of nitrogens with one attached hydrogen (secondary N) is 1. The molecule has 0 spiro atoms. The van der Waals surface area contributed by atoms with E-state index in [0.717, 1.165) is 9.87 Å². The van der Waals surface area contributed by atoms with Crippen molar-refractivity contribution in [3.05, 3.63) is 47.5 Å². The summed E-state index contributed by atoms with van der Waals surface area (Å²) in [4.78, 5) is 12.3. The molecule has 0 bridgehead atoms. The van der Waals surface area contributed by atoms with Gasteiger partial charge >= 0.3 is 0 Å². The van der Waals surface area contributed by atoms with Crippen molar-refractivity contribution in [2.75, 3.05) is 34.9 Å². The van der Waals surface area contributed by atoms with E-state index in [2.05, 4.69) is 10.5 Å². The average molecular weight is 436 g/mol. The van der Waals surface area contributed by atoms with E-state index in [9.17, 15) is 13.2 Å². The number of hydrogen-bond donors (Lipinski definition) is 1. The lowest BCUT2D eigenvalue weighted by molar-refractivity contribution is -0.121. The molecular formula is C20H25N3O6S. The number of methoxy groups -OCH3 is 3. The predicted octanol–water partition coefficient (Wildman–Crippen LogP) is 1.79. The Morgan fingerprint density at radius 2 is 1.67 bits per heavy atom. The normalized spacial score (nSPS) is 11.5. The number of amides is 1. The average Bonchev–Trinajstić information content (AvgIpc) is 2.73. The molecule has 0 aliphatic heterocycles. The highest BCUT2D eigenvalue weighted by atomic mass is 32.2. The number of rotatable bonds is 9. The van der Waals surface area contributed by atoms with E-state index in [4.69, 9.17) is 14.2 Å². The number of carbonyl (C=O) groups excluding carboxylic acids is 1. The van der Waals surface area contributed by atoms with E-state index in [-0.39, 0.29) is 4.90 Å². The van der Waals surface area contributed by atoms with E-state index in [1.807, 2.05) is 6.92 Å². The van der Waals surface area contributed by atoms with Crippen LogP contribution in [0.15, 0.2) is 46.4 Å². The topological polar surface area (TPSA) is 107 Å². The monoisotopic (exact) mass is 435 g/mol. The summed E-state index contributed by atoms with van der Waals surface area (Å²) in [5.41, 5.74) is 3.79. The molecular weight excluding hydrogens is 410 g/mol. The van der Waals surface area contributed by atoms with Crippen LogP contribution in [0.25, 0.3) is 0 Å². The fourth-order valence-corrected chi connectivity index (χ4v) is 3.74. The standard InChI is InChI=1S/C20H25N3O6S/c1-14-6-9-16(10-7-14)30(25,26)23(2)13-18(24)22-21-12-15-8-11-17(27-3)20(29-5)19(15)28-4/h6-12H,13H2,1-5H3,(H,22,24)/b21-12-. The minimum atomic E-state index is -3.79. The molecule has 10 heteroatoms. The molecule has 0 saturated carbocycles. The van der Waals surface area contributed by atoms with Crippen molar-refractivity contribution in [1.29, 1.82) is 0 Å². The molecule has 2 rings (SSSR count). The first-order valence-electron chi connectivity index (χ1n) is 8.88. The van der Waals surface area contributed by atoms with Crippen LogP contribution in [0.2, 0.25) is 0 Å². The summed E-state index contributed by atoms with van der Waals surface area (Å²) in [6.45, 7) is 1.47. The summed E-state index contributed by atoms with van der Waals surface area (Å²) in [5, 5.41) is 3.88. The number of nitrogens with zero attached hydrogens (tertiary/aromatic N) is 2. The molecule has 0 aliphatic carbocycles. The van der Waals surface area contributed by atoms with Crippen LogP contribution in [0.5, 0.6) is 17.2 Å². The Morgan fingerprint density at radius 1 is 1.03 bits per heavy atom. The van der Waals surface area contributed by atoms with E-state index in [1.54, 1.807) is 24.3 Å². The Kier molecular flexibility index (Phi) is 7.79. The minimum absolute atomic E-state index is 0.113. The second-order valence-corrected chi connectivity index (χ2v) is 8.34. The number of carbonyl (C=O) groups is 1. The van der Waals surface area contributed by atoms with Gasteiger partial charge in [-0.15, -0.1) is 0 Å². The smallest absolute Gasteiger partial charge is 0.255 e. The number of likely N-dealkylation sites (N-methyl/N-ethyl adjacent to an activating group) is 1. The molecule has 30 heavy (non-hydrogen) atoms. The van der Waals surface area contributed by atoms with E-state index in [1.165, 1.54) is 46.7 Å². The Hall–Kier alpha value is -3.11. The first kappa shape index (κ1) is 23.2. The third kappa shape index (κ3) is 5.28. The second-order valence-electron chi connectivity index (χ2n) is 6.29. The third-order valence-electron chi connectivity index (χ3n) is 4.22. The Morgan fingerprint density at radius 3 is 2.23 bits per heavy atom. The predicted molar refractivity (Wildman–Crippen MR) is 113 cm³/mol. The first-order valence-corrected chi connectivity index (χ1v) is 10.3. The second kappa shape index (κ2) is 10.1. The van der Waals surface area contributed by atoms with Gasteiger partial charge in [-0.3, -0.25) is 4.79 Å². The van der Waals surface area contributed by atoms with E-state index < -0.39 is 22.5 Å². The van der Waals surface area contributed by atoms with Gasteiger partial charge in [-0.05, 0) is 31.2 Å². The van der Waals surface area contributed by atoms with Crippen LogP contribution in [0, 0.1) is 6.92 Å². The molecule has 0 radical (unpaired) electrons. The zero-order valence-electron chi connectivity index (χ0n) is 17.5. The zero-order chi connectivity index (χ0) is 22.3. The van der Waals surface area contributed by atoms with Crippen molar-refractivity contribution in [3.8, 4) is 17.2 Å². The van der Waals surface area contributed by atoms with Gasteiger partial charge in [0.25, 0.3) is 5.91 Å². The summed E-state index contributed by atoms with van der Waals surface area (Å²) >= 11 is 0. The lowest BCUT2D eigenvalue weighted by atomic mass is 10.2. The number of sulfonamides is 1. The molecule has 0 aliphatic rings. The molecule has 162 valence electrons. The summed E-state index contributed by atoms with van der Waals surface area (Å²) in [6.07, 6.45) is 1.37. The maximum absolute atomic E-state index is 12.6. The van der Waals surface area contributed by atoms with Gasteiger partial charge in [0.1, 0.15) is 0 Å². The van der Waals surface area contributed by atoms with E-state index in [0.29, 0.717) is 22.8 Å². The fraction of sp³-hybridized carbons (Fsp3) is 0.300. The lowest BCUT2D eigenvalue weighted by Crippen LogP contribution is -2.36. The highest BCUT2D eigenvalue weighted by Gasteiger charge is 2.22. The Balaban J connectivity index is 2.07. The minimum Gasteiger partial charge on any atom is -0.493 e. The van der Waals surface area contributed by atoms with Gasteiger partial charge in [-0.2, -0.15) is 9.41 Å². The summed E-state index contributed by atoms with van der Waals surface area (Å²) in [6, 6.07) is 9.75. The first-order chi connectivity index (χ1) is 14.2. The van der Waals surface area contributed by atoms with Crippen molar-refractivity contribution < 1.29 is 27.4 Å². The SMILES string of the molecule is COc1ccc(/C=N\NC(=O)CN(C)S(=O)(=O)c2ccc(C)cc2)c(OC)c1OC. The molecule has 9 nitrogen and oxygen atoms in total. The van der Waals surface area contributed by atoms with Crippen molar-refractivity contribution in [1.82, 2.24) is 9.73 Å². The quantitative estimate of drug-likeness (QED) is 0.475. The number of hydrogen-bond acceptors (Lipinski definition) is 7. The van der Waals surface area contributed by atoms with E-state index >= 15 is 0 Å². The fourth-order valence-electron chi connectivity index (χ4n) is 2.61. The molecule has 2 aromatic rings. The van der Waals surface area contributed by atoms with Crippen molar-refractivity contribution >= 4 is 22.1 Å². The van der Waals surface area contributed by atoms with Crippen molar-refractivity contribution in [3.63, 3.8) is 0 Å². The van der Waals surface area contributed by atoms with Crippen LogP contribution >= 0.6 is 0 Å². The van der Waals surface area contributed by atoms with Gasteiger partial charge in [0.2, 0.25) is 15.8 Å². The summed E-state index contributed by atoms with van der Waals surface area (Å²) < 4.78 is 41.9. The van der Waals surface area contributed by atoms with Crippen LogP contribution in [0.1, 0.15) is 11.1 Å². The van der Waals surface area contributed by atoms with Gasteiger partial charge in [-0.25, -0.2) is 13.8 Å². The molecule has 0 saturated heterocycles. The van der Waals surface area contributed by atoms with Gasteiger partial charge < -0.3 is 14.2 Å². The van der Waals surface area contributed by atoms with Gasteiger partial charge in [0, 0.05) is 12.6 Å². The van der Waals surface area contributed by atoms with Crippen LogP contribution in [-0.2, 0) is 14.8 Å². The molecule has 0 fully saturated rings. The Labute approximate surface area is 176 Å². The third-order valence-corrected chi connectivity index (χ3v) is 6.04. The number of hydrazone groups is 1. The molecule has 0 aromatic heterocycles. The van der Waals surface area contributed by atoms with Crippen LogP contribution in [0.3, 0.4) is 0 Å². The van der Waals surface area contributed by atoms with Gasteiger partial charge in [0.15, 0.2) is 11.5 Å². The van der Waals surface area contributed by atoms with Crippen molar-refractivity contribution in [2.45, 2.75) is 11.8 Å². The lowest BCUT2D eigenvalue weighted by Gasteiger charge is -2.16. The summed E-state index contributed by atoms with van der Waals surface area (Å²) in [7, 11) is 2.00. The Bertz CT molecular complexity index is 1020. The van der Waals surface area contributed by atoms with Gasteiger partial charge in [-0.1, -0.05) is 17.7 Å². The van der Waals surface area contributed by atoms with Crippen molar-refractivity contribution in [2.24, 2.45) is 5.10 Å². The summed E-state index contributed by atoms with van der Waals surface area (Å²) in [5.74, 6) is 0.662. The maximum atomic E-state index is 12.6. The van der Waals surface area contributed by atoms with Crippen LogP contribution in [0.4, 0.5) is 0 Å². The highest BCUT2D eigenvalue weighted by Crippen LogP contribution is 2.38. The number of benzene rings is 2. The largest absolute Gasteiger partial charge is 0.493 e. The van der Waals surface area contributed by atoms with Crippen LogP contribution in [-0.4, -0.2) is 59.8 Å². The molecule has 1 N–H and O–H groups in total. The molecule has 0 atom stereocenters. The zero-order valence-corrected chi connectivity index (χ0v) is 18.3. The molecule has 0 heterocycles. The van der Waals surface area contributed by atoms with Gasteiger partial charge in [0.05, 0.1) is 39.0 Å². The number of ether oxygens (including phenoxy) is 3. The molecule has 0 unspecified atom stereocenters. The molecule has 1 amide bonds. The maximum Gasteiger partial charge on any atom is 0.255 e. The number of aryl methyl sites for hydroxylation is 1.